The van der Waals surface area contributed by atoms with E-state index in [0.29, 0.717) is 18.1 Å². The molecule has 1 aliphatic carbocycles. The zero-order chi connectivity index (χ0) is 14.8. The van der Waals surface area contributed by atoms with Crippen molar-refractivity contribution < 1.29 is 0 Å². The fraction of sp³-hybridized carbons (Fsp3) is 0.722. The average molecular weight is 287 g/mol. The Labute approximate surface area is 129 Å². The minimum Gasteiger partial charge on any atom is -0.307 e. The molecule has 1 N–H and O–H groups in total. The van der Waals surface area contributed by atoms with Crippen LogP contribution in [0.1, 0.15) is 51.6 Å². The van der Waals surface area contributed by atoms with Crippen LogP contribution in [0.5, 0.6) is 0 Å². The highest BCUT2D eigenvalue weighted by atomic mass is 15.2. The van der Waals surface area contributed by atoms with Gasteiger partial charge in [0.1, 0.15) is 0 Å². The highest BCUT2D eigenvalue weighted by Crippen LogP contribution is 2.36. The number of aromatic nitrogens is 1. The van der Waals surface area contributed by atoms with Crippen molar-refractivity contribution in [2.45, 2.75) is 58.2 Å². The number of fused-ring (bicyclic) bond motifs is 2. The van der Waals surface area contributed by atoms with Gasteiger partial charge in [0.25, 0.3) is 0 Å². The third-order valence-corrected chi connectivity index (χ3v) is 5.46. The molecule has 1 aliphatic heterocycles. The number of piperidine rings is 1. The van der Waals surface area contributed by atoms with Crippen LogP contribution in [0, 0.1) is 11.8 Å². The first-order valence-electron chi connectivity index (χ1n) is 8.55. The highest BCUT2D eigenvalue weighted by Gasteiger charge is 2.40. The second kappa shape index (κ2) is 6.45. The van der Waals surface area contributed by atoms with Gasteiger partial charge in [-0.3, -0.25) is 4.98 Å². The Hall–Kier alpha value is -0.930. The molecule has 2 bridgehead atoms. The molecule has 1 saturated heterocycles. The summed E-state index contributed by atoms with van der Waals surface area (Å²) in [6.45, 7) is 9.49. The molecule has 0 spiro atoms. The van der Waals surface area contributed by atoms with Crippen LogP contribution in [0.3, 0.4) is 0 Å². The zero-order valence-corrected chi connectivity index (χ0v) is 13.6. The molecule has 0 aromatic carbocycles. The Balaban J connectivity index is 1.68. The summed E-state index contributed by atoms with van der Waals surface area (Å²) in [6.07, 6.45) is 8.04. The molecule has 1 aromatic rings. The molecule has 3 atom stereocenters. The molecule has 1 aromatic heterocycles. The van der Waals surface area contributed by atoms with E-state index in [1.165, 1.54) is 37.9 Å². The molecule has 3 nitrogen and oxygen atoms in total. The third kappa shape index (κ3) is 3.29. The van der Waals surface area contributed by atoms with Gasteiger partial charge < -0.3 is 10.2 Å². The fourth-order valence-electron chi connectivity index (χ4n) is 4.18. The van der Waals surface area contributed by atoms with E-state index in [1.54, 1.807) is 0 Å². The van der Waals surface area contributed by atoms with Crippen LogP contribution in [-0.4, -0.2) is 35.1 Å². The first-order chi connectivity index (χ1) is 10.1. The second-order valence-corrected chi connectivity index (χ2v) is 7.20. The number of pyridine rings is 1. The summed E-state index contributed by atoms with van der Waals surface area (Å²) in [7, 11) is 0. The van der Waals surface area contributed by atoms with E-state index >= 15 is 0 Å². The van der Waals surface area contributed by atoms with Gasteiger partial charge in [-0.05, 0) is 57.1 Å². The van der Waals surface area contributed by atoms with Crippen LogP contribution in [-0.2, 0) is 0 Å². The monoisotopic (exact) mass is 287 g/mol. The molecular weight excluding hydrogens is 258 g/mol. The predicted octanol–water partition coefficient (Wildman–Crippen LogP) is 3.24. The van der Waals surface area contributed by atoms with Gasteiger partial charge in [0.15, 0.2) is 0 Å². The van der Waals surface area contributed by atoms with Crippen LogP contribution in [0.15, 0.2) is 24.5 Å². The normalized spacial score (nSPS) is 31.3. The predicted molar refractivity (Wildman–Crippen MR) is 87.1 cm³/mol. The van der Waals surface area contributed by atoms with Gasteiger partial charge in [0.05, 0.1) is 0 Å². The maximum Gasteiger partial charge on any atom is 0.0315 e. The lowest BCUT2D eigenvalue weighted by Gasteiger charge is -2.49. The maximum absolute atomic E-state index is 4.26. The summed E-state index contributed by atoms with van der Waals surface area (Å²) in [5.41, 5.74) is 1.31. The van der Waals surface area contributed by atoms with E-state index in [4.69, 9.17) is 0 Å². The molecule has 3 rings (SSSR count). The Morgan fingerprint density at radius 3 is 2.48 bits per heavy atom. The summed E-state index contributed by atoms with van der Waals surface area (Å²) >= 11 is 0. The molecular formula is C18H29N3. The summed E-state index contributed by atoms with van der Waals surface area (Å²) in [5.74, 6) is 1.64. The van der Waals surface area contributed by atoms with Crippen molar-refractivity contribution in [2.24, 2.45) is 11.8 Å². The van der Waals surface area contributed by atoms with Crippen LogP contribution in [0.4, 0.5) is 0 Å². The smallest absolute Gasteiger partial charge is 0.0315 e. The summed E-state index contributed by atoms with van der Waals surface area (Å²) in [5, 5.41) is 3.93. The molecule has 116 valence electrons. The van der Waals surface area contributed by atoms with Gasteiger partial charge in [0, 0.05) is 43.6 Å². The van der Waals surface area contributed by atoms with E-state index in [2.05, 4.69) is 42.0 Å². The molecule has 21 heavy (non-hydrogen) atoms. The van der Waals surface area contributed by atoms with E-state index in [0.717, 1.165) is 11.8 Å². The summed E-state index contributed by atoms with van der Waals surface area (Å²) in [4.78, 5) is 6.94. The largest absolute Gasteiger partial charge is 0.307 e. The van der Waals surface area contributed by atoms with Crippen LogP contribution >= 0.6 is 0 Å². The Morgan fingerprint density at radius 1 is 1.19 bits per heavy atom. The van der Waals surface area contributed by atoms with Gasteiger partial charge in [-0.15, -0.1) is 0 Å². The maximum atomic E-state index is 4.26. The van der Waals surface area contributed by atoms with Crippen molar-refractivity contribution in [2.75, 3.05) is 13.1 Å². The SMILES string of the molecule is CC(C)N1CC2CCCC(C1)C2N[C@@H](C)c1cccnc1. The lowest BCUT2D eigenvalue weighted by molar-refractivity contribution is 0.0257. The molecule has 3 heteroatoms. The van der Waals surface area contributed by atoms with Crippen molar-refractivity contribution in [3.05, 3.63) is 30.1 Å². The first kappa shape index (κ1) is 15.0. The lowest BCUT2D eigenvalue weighted by Crippen LogP contribution is -2.58. The Bertz CT molecular complexity index is 431. The number of hydrogen-bond donors (Lipinski definition) is 1. The highest BCUT2D eigenvalue weighted by molar-refractivity contribution is 5.13. The number of likely N-dealkylation sites (tertiary alicyclic amines) is 1. The average Bonchev–Trinajstić information content (AvgIpc) is 2.47. The lowest BCUT2D eigenvalue weighted by atomic mass is 9.73. The summed E-state index contributed by atoms with van der Waals surface area (Å²) in [6, 6.07) is 5.99. The topological polar surface area (TPSA) is 28.2 Å². The standard InChI is InChI=1S/C18H29N3/c1-13(2)21-11-16-6-4-7-17(12-21)18(16)20-14(3)15-8-5-9-19-10-15/h5,8-10,13-14,16-18,20H,4,6-7,11-12H2,1-3H3/t14-,16?,17?,18?/m0/s1. The van der Waals surface area contributed by atoms with Crippen molar-refractivity contribution in [3.63, 3.8) is 0 Å². The Kier molecular flexibility index (Phi) is 4.60. The molecule has 2 aliphatic rings. The number of nitrogens with zero attached hydrogens (tertiary/aromatic N) is 2. The van der Waals surface area contributed by atoms with E-state index in [9.17, 15) is 0 Å². The minimum atomic E-state index is 0.400. The van der Waals surface area contributed by atoms with Crippen LogP contribution in [0.25, 0.3) is 0 Å². The van der Waals surface area contributed by atoms with Crippen LogP contribution in [0.2, 0.25) is 0 Å². The van der Waals surface area contributed by atoms with Gasteiger partial charge in [-0.2, -0.15) is 0 Å². The van der Waals surface area contributed by atoms with Crippen molar-refractivity contribution in [3.8, 4) is 0 Å². The number of hydrogen-bond acceptors (Lipinski definition) is 3. The van der Waals surface area contributed by atoms with Gasteiger partial charge in [-0.1, -0.05) is 12.5 Å². The van der Waals surface area contributed by atoms with Crippen LogP contribution < -0.4 is 5.32 Å². The number of rotatable bonds is 4. The zero-order valence-electron chi connectivity index (χ0n) is 13.6. The fourth-order valence-corrected chi connectivity index (χ4v) is 4.18. The molecule has 2 fully saturated rings. The third-order valence-electron chi connectivity index (χ3n) is 5.46. The van der Waals surface area contributed by atoms with Gasteiger partial charge in [0.2, 0.25) is 0 Å². The quantitative estimate of drug-likeness (QED) is 0.921. The Morgan fingerprint density at radius 2 is 1.90 bits per heavy atom. The second-order valence-electron chi connectivity index (χ2n) is 7.20. The molecule has 0 radical (unpaired) electrons. The molecule has 0 amide bonds. The molecule has 1 saturated carbocycles. The number of nitrogens with one attached hydrogen (secondary N) is 1. The van der Waals surface area contributed by atoms with E-state index in [-0.39, 0.29) is 0 Å². The van der Waals surface area contributed by atoms with Crippen molar-refractivity contribution in [1.82, 2.24) is 15.2 Å². The molecule has 2 unspecified atom stereocenters. The van der Waals surface area contributed by atoms with Crippen molar-refractivity contribution >= 4 is 0 Å². The van der Waals surface area contributed by atoms with E-state index in [1.807, 2.05) is 18.5 Å². The van der Waals surface area contributed by atoms with Gasteiger partial charge >= 0.3 is 0 Å². The minimum absolute atomic E-state index is 0.400. The molecule has 2 heterocycles. The van der Waals surface area contributed by atoms with E-state index < -0.39 is 0 Å². The van der Waals surface area contributed by atoms with Gasteiger partial charge in [-0.25, -0.2) is 0 Å². The summed E-state index contributed by atoms with van der Waals surface area (Å²) < 4.78 is 0. The first-order valence-corrected chi connectivity index (χ1v) is 8.55. The van der Waals surface area contributed by atoms with Crippen molar-refractivity contribution in [1.29, 1.82) is 0 Å².